The molecule has 1 fully saturated rings. The van der Waals surface area contributed by atoms with Gasteiger partial charge in [0.25, 0.3) is 0 Å². The van der Waals surface area contributed by atoms with Crippen molar-refractivity contribution in [2.75, 3.05) is 24.5 Å². The van der Waals surface area contributed by atoms with Crippen LogP contribution in [-0.2, 0) is 12.0 Å². The van der Waals surface area contributed by atoms with E-state index in [2.05, 4.69) is 44.8 Å². The summed E-state index contributed by atoms with van der Waals surface area (Å²) in [5.41, 5.74) is 1.41. The van der Waals surface area contributed by atoms with Gasteiger partial charge < -0.3 is 10.2 Å². The first-order valence-electron chi connectivity index (χ1n) is 8.34. The topological polar surface area (TPSA) is 28.2 Å². The predicted molar refractivity (Wildman–Crippen MR) is 93.4 cm³/mol. The molecule has 2 rings (SSSR count). The highest BCUT2D eigenvalue weighted by Crippen LogP contribution is 2.34. The van der Waals surface area contributed by atoms with Crippen LogP contribution in [0.4, 0.5) is 5.13 Å². The summed E-state index contributed by atoms with van der Waals surface area (Å²) >= 11 is 1.90. The van der Waals surface area contributed by atoms with Gasteiger partial charge in [-0.25, -0.2) is 4.98 Å². The maximum Gasteiger partial charge on any atom is 0.185 e. The molecule has 1 aliphatic rings. The molecule has 3 nitrogen and oxygen atoms in total. The highest BCUT2D eigenvalue weighted by atomic mass is 32.1. The van der Waals surface area contributed by atoms with Gasteiger partial charge in [0, 0.05) is 29.9 Å². The fourth-order valence-corrected chi connectivity index (χ4v) is 4.03. The molecule has 1 aromatic heterocycles. The first kappa shape index (κ1) is 16.8. The molecule has 0 aromatic carbocycles. The standard InChI is InChI=1S/C17H31N3S/c1-13(2)11-18-12-14-15(17(3,4)5)19-16(21-14)20-9-7-6-8-10-20/h13,18H,6-12H2,1-5H3. The zero-order valence-electron chi connectivity index (χ0n) is 14.3. The zero-order valence-corrected chi connectivity index (χ0v) is 15.1. The minimum absolute atomic E-state index is 0.124. The van der Waals surface area contributed by atoms with Gasteiger partial charge in [0.1, 0.15) is 0 Å². The molecule has 0 amide bonds. The van der Waals surface area contributed by atoms with Crippen molar-refractivity contribution in [1.82, 2.24) is 10.3 Å². The van der Waals surface area contributed by atoms with Crippen LogP contribution in [0.3, 0.4) is 0 Å². The van der Waals surface area contributed by atoms with Crippen LogP contribution in [0.2, 0.25) is 0 Å². The monoisotopic (exact) mass is 309 g/mol. The molecular formula is C17H31N3S. The van der Waals surface area contributed by atoms with Gasteiger partial charge in [-0.1, -0.05) is 34.6 Å². The molecule has 1 aromatic rings. The summed E-state index contributed by atoms with van der Waals surface area (Å²) in [4.78, 5) is 8.91. The fraction of sp³-hybridized carbons (Fsp3) is 0.824. The van der Waals surface area contributed by atoms with E-state index < -0.39 is 0 Å². The maximum absolute atomic E-state index is 5.01. The van der Waals surface area contributed by atoms with E-state index >= 15 is 0 Å². The van der Waals surface area contributed by atoms with Crippen molar-refractivity contribution in [2.24, 2.45) is 5.92 Å². The minimum atomic E-state index is 0.124. The van der Waals surface area contributed by atoms with Crippen molar-refractivity contribution >= 4 is 16.5 Å². The Morgan fingerprint density at radius 3 is 2.43 bits per heavy atom. The Bertz CT molecular complexity index is 439. The Kier molecular flexibility index (Phi) is 5.67. The average molecular weight is 310 g/mol. The van der Waals surface area contributed by atoms with E-state index in [-0.39, 0.29) is 5.41 Å². The molecule has 0 unspecified atom stereocenters. The number of hydrogen-bond acceptors (Lipinski definition) is 4. The molecule has 4 heteroatoms. The number of nitrogens with one attached hydrogen (secondary N) is 1. The van der Waals surface area contributed by atoms with Crippen LogP contribution in [0.15, 0.2) is 0 Å². The molecule has 120 valence electrons. The van der Waals surface area contributed by atoms with E-state index in [4.69, 9.17) is 4.98 Å². The number of rotatable bonds is 5. The van der Waals surface area contributed by atoms with E-state index in [0.717, 1.165) is 13.1 Å². The van der Waals surface area contributed by atoms with Gasteiger partial charge in [0.2, 0.25) is 0 Å². The second-order valence-electron chi connectivity index (χ2n) is 7.59. The summed E-state index contributed by atoms with van der Waals surface area (Å²) < 4.78 is 0. The molecule has 1 aliphatic heterocycles. The molecule has 0 spiro atoms. The Morgan fingerprint density at radius 1 is 1.19 bits per heavy atom. The molecule has 0 radical (unpaired) electrons. The number of piperidine rings is 1. The van der Waals surface area contributed by atoms with Crippen molar-refractivity contribution < 1.29 is 0 Å². The molecule has 1 saturated heterocycles. The van der Waals surface area contributed by atoms with Crippen LogP contribution in [0.5, 0.6) is 0 Å². The lowest BCUT2D eigenvalue weighted by molar-refractivity contribution is 0.533. The van der Waals surface area contributed by atoms with E-state index in [0.29, 0.717) is 5.92 Å². The highest BCUT2D eigenvalue weighted by Gasteiger charge is 2.25. The molecule has 0 aliphatic carbocycles. The quantitative estimate of drug-likeness (QED) is 0.884. The Balaban J connectivity index is 2.14. The number of nitrogens with zero attached hydrogens (tertiary/aromatic N) is 2. The molecule has 0 bridgehead atoms. The third-order valence-corrected chi connectivity index (χ3v) is 4.98. The Morgan fingerprint density at radius 2 is 1.86 bits per heavy atom. The van der Waals surface area contributed by atoms with Crippen molar-refractivity contribution in [3.63, 3.8) is 0 Å². The summed E-state index contributed by atoms with van der Waals surface area (Å²) in [6.45, 7) is 15.7. The fourth-order valence-electron chi connectivity index (χ4n) is 2.74. The van der Waals surface area contributed by atoms with Gasteiger partial charge in [-0.2, -0.15) is 0 Å². The van der Waals surface area contributed by atoms with Crippen molar-refractivity contribution in [2.45, 2.75) is 65.8 Å². The first-order valence-corrected chi connectivity index (χ1v) is 9.15. The SMILES string of the molecule is CC(C)CNCc1sc(N2CCCCC2)nc1C(C)(C)C. The van der Waals surface area contributed by atoms with Crippen molar-refractivity contribution in [3.05, 3.63) is 10.6 Å². The number of aromatic nitrogens is 1. The lowest BCUT2D eigenvalue weighted by Gasteiger charge is -2.26. The van der Waals surface area contributed by atoms with E-state index in [1.165, 1.54) is 48.1 Å². The van der Waals surface area contributed by atoms with Crippen LogP contribution < -0.4 is 10.2 Å². The summed E-state index contributed by atoms with van der Waals surface area (Å²) in [5, 5.41) is 4.82. The molecule has 0 atom stereocenters. The van der Waals surface area contributed by atoms with Gasteiger partial charge in [-0.3, -0.25) is 0 Å². The number of hydrogen-bond donors (Lipinski definition) is 1. The molecule has 1 N–H and O–H groups in total. The van der Waals surface area contributed by atoms with Gasteiger partial charge in [-0.15, -0.1) is 11.3 Å². The van der Waals surface area contributed by atoms with Crippen LogP contribution in [-0.4, -0.2) is 24.6 Å². The van der Waals surface area contributed by atoms with Crippen LogP contribution in [0.25, 0.3) is 0 Å². The maximum atomic E-state index is 5.01. The van der Waals surface area contributed by atoms with Gasteiger partial charge in [0.05, 0.1) is 5.69 Å². The average Bonchev–Trinajstić information content (AvgIpc) is 2.83. The van der Waals surface area contributed by atoms with Crippen molar-refractivity contribution in [1.29, 1.82) is 0 Å². The summed E-state index contributed by atoms with van der Waals surface area (Å²) in [5.74, 6) is 0.692. The lowest BCUT2D eigenvalue weighted by Crippen LogP contribution is -2.29. The second-order valence-corrected chi connectivity index (χ2v) is 8.65. The molecule has 21 heavy (non-hydrogen) atoms. The van der Waals surface area contributed by atoms with Gasteiger partial charge in [0.15, 0.2) is 5.13 Å². The van der Waals surface area contributed by atoms with Gasteiger partial charge >= 0.3 is 0 Å². The third-order valence-electron chi connectivity index (χ3n) is 3.86. The predicted octanol–water partition coefficient (Wildman–Crippen LogP) is 4.18. The second kappa shape index (κ2) is 7.10. The molecule has 2 heterocycles. The number of anilines is 1. The highest BCUT2D eigenvalue weighted by molar-refractivity contribution is 7.15. The summed E-state index contributed by atoms with van der Waals surface area (Å²) in [6, 6.07) is 0. The Hall–Kier alpha value is -0.610. The first-order chi connectivity index (χ1) is 9.88. The van der Waals surface area contributed by atoms with Crippen LogP contribution in [0.1, 0.15) is 64.5 Å². The minimum Gasteiger partial charge on any atom is -0.348 e. The lowest BCUT2D eigenvalue weighted by atomic mass is 9.91. The largest absolute Gasteiger partial charge is 0.348 e. The zero-order chi connectivity index (χ0) is 15.5. The summed E-state index contributed by atoms with van der Waals surface area (Å²) in [7, 11) is 0. The van der Waals surface area contributed by atoms with Crippen molar-refractivity contribution in [3.8, 4) is 0 Å². The Labute approximate surface area is 134 Å². The number of thiazole rings is 1. The van der Waals surface area contributed by atoms with E-state index in [1.54, 1.807) is 0 Å². The summed E-state index contributed by atoms with van der Waals surface area (Å²) in [6.07, 6.45) is 3.99. The smallest absolute Gasteiger partial charge is 0.185 e. The van der Waals surface area contributed by atoms with E-state index in [9.17, 15) is 0 Å². The van der Waals surface area contributed by atoms with Crippen LogP contribution >= 0.6 is 11.3 Å². The van der Waals surface area contributed by atoms with E-state index in [1.807, 2.05) is 11.3 Å². The van der Waals surface area contributed by atoms with Gasteiger partial charge in [-0.05, 0) is 31.7 Å². The normalized spacial score (nSPS) is 16.8. The molecule has 0 saturated carbocycles. The van der Waals surface area contributed by atoms with Crippen LogP contribution in [0, 0.1) is 5.92 Å². The third kappa shape index (κ3) is 4.68. The molecular weight excluding hydrogens is 278 g/mol.